The van der Waals surface area contributed by atoms with E-state index in [1.807, 2.05) is 9.80 Å². The largest absolute Gasteiger partial charge is 0.480 e. The van der Waals surface area contributed by atoms with E-state index in [0.717, 1.165) is 0 Å². The Morgan fingerprint density at radius 3 is 2.30 bits per heavy atom. The van der Waals surface area contributed by atoms with Crippen molar-refractivity contribution in [1.82, 2.24) is 9.80 Å². The number of piperazine rings is 1. The second-order valence-corrected chi connectivity index (χ2v) is 5.03. The van der Waals surface area contributed by atoms with Gasteiger partial charge in [0.15, 0.2) is 0 Å². The Bertz CT molecular complexity index is 468. The first-order valence-corrected chi connectivity index (χ1v) is 6.61. The van der Waals surface area contributed by atoms with Crippen LogP contribution in [0.15, 0.2) is 18.2 Å². The molecule has 0 radical (unpaired) electrons. The van der Waals surface area contributed by atoms with Crippen molar-refractivity contribution < 1.29 is 18.7 Å². The molecule has 1 atom stereocenters. The van der Waals surface area contributed by atoms with Gasteiger partial charge in [-0.15, -0.1) is 0 Å². The summed E-state index contributed by atoms with van der Waals surface area (Å²) in [6, 6.07) is 3.32. The normalized spacial score (nSPS) is 18.9. The zero-order valence-corrected chi connectivity index (χ0v) is 11.4. The third kappa shape index (κ3) is 3.32. The van der Waals surface area contributed by atoms with Crippen LogP contribution in [0.2, 0.25) is 0 Å². The lowest BCUT2D eigenvalue weighted by Gasteiger charge is -2.36. The van der Waals surface area contributed by atoms with Crippen LogP contribution in [0.5, 0.6) is 0 Å². The van der Waals surface area contributed by atoms with Gasteiger partial charge >= 0.3 is 5.97 Å². The molecule has 0 amide bonds. The van der Waals surface area contributed by atoms with Crippen LogP contribution in [0.1, 0.15) is 12.5 Å². The minimum Gasteiger partial charge on any atom is -0.480 e. The second-order valence-electron chi connectivity index (χ2n) is 5.03. The Morgan fingerprint density at radius 1 is 1.25 bits per heavy atom. The van der Waals surface area contributed by atoms with Crippen molar-refractivity contribution in [1.29, 1.82) is 0 Å². The molecule has 2 rings (SSSR count). The number of rotatable bonds is 4. The van der Waals surface area contributed by atoms with E-state index >= 15 is 0 Å². The van der Waals surface area contributed by atoms with Gasteiger partial charge < -0.3 is 5.11 Å². The highest BCUT2D eigenvalue weighted by Crippen LogP contribution is 2.16. The second kappa shape index (κ2) is 6.28. The predicted octanol–water partition coefficient (Wildman–Crippen LogP) is 1.56. The van der Waals surface area contributed by atoms with E-state index < -0.39 is 23.6 Å². The molecule has 1 N–H and O–H groups in total. The Morgan fingerprint density at radius 2 is 1.80 bits per heavy atom. The van der Waals surface area contributed by atoms with Gasteiger partial charge in [0.25, 0.3) is 0 Å². The molecule has 1 aromatic rings. The fraction of sp³-hybridized carbons (Fsp3) is 0.500. The molecular weight excluding hydrogens is 266 g/mol. The van der Waals surface area contributed by atoms with Crippen LogP contribution in [-0.4, -0.2) is 53.1 Å². The van der Waals surface area contributed by atoms with Crippen LogP contribution >= 0.6 is 0 Å². The monoisotopic (exact) mass is 284 g/mol. The van der Waals surface area contributed by atoms with Crippen LogP contribution < -0.4 is 0 Å². The number of carbonyl (C=O) groups is 1. The van der Waals surface area contributed by atoms with Crippen LogP contribution in [0.4, 0.5) is 8.78 Å². The third-order valence-electron chi connectivity index (χ3n) is 3.76. The number of hydrogen-bond acceptors (Lipinski definition) is 3. The molecule has 1 aromatic carbocycles. The SMILES string of the molecule is CC(C(=O)O)N1CCN(Cc2c(F)cccc2F)CC1. The van der Waals surface area contributed by atoms with Gasteiger partial charge in [0.2, 0.25) is 0 Å². The molecule has 110 valence electrons. The molecule has 1 saturated heterocycles. The summed E-state index contributed by atoms with van der Waals surface area (Å²) in [5, 5.41) is 8.95. The Hall–Kier alpha value is -1.53. The molecule has 0 saturated carbocycles. The number of carboxylic acids is 1. The molecule has 1 aliphatic rings. The van der Waals surface area contributed by atoms with Crippen molar-refractivity contribution in [3.63, 3.8) is 0 Å². The van der Waals surface area contributed by atoms with Crippen LogP contribution in [0.3, 0.4) is 0 Å². The number of hydrogen-bond donors (Lipinski definition) is 1. The van der Waals surface area contributed by atoms with Crippen LogP contribution in [-0.2, 0) is 11.3 Å². The molecule has 0 aliphatic carbocycles. The average Bonchev–Trinajstić information content (AvgIpc) is 2.43. The highest BCUT2D eigenvalue weighted by atomic mass is 19.1. The van der Waals surface area contributed by atoms with Gasteiger partial charge in [0.05, 0.1) is 0 Å². The third-order valence-corrected chi connectivity index (χ3v) is 3.76. The summed E-state index contributed by atoms with van der Waals surface area (Å²) >= 11 is 0. The minimum atomic E-state index is -0.849. The van der Waals surface area contributed by atoms with Crippen molar-refractivity contribution in [3.05, 3.63) is 35.4 Å². The van der Waals surface area contributed by atoms with Crippen molar-refractivity contribution >= 4 is 5.97 Å². The molecule has 20 heavy (non-hydrogen) atoms. The van der Waals surface area contributed by atoms with Crippen molar-refractivity contribution in [2.24, 2.45) is 0 Å². The molecule has 1 fully saturated rings. The lowest BCUT2D eigenvalue weighted by atomic mass is 10.1. The molecule has 0 aromatic heterocycles. The summed E-state index contributed by atoms with van der Waals surface area (Å²) in [7, 11) is 0. The lowest BCUT2D eigenvalue weighted by Crippen LogP contribution is -2.51. The smallest absolute Gasteiger partial charge is 0.320 e. The van der Waals surface area contributed by atoms with E-state index in [-0.39, 0.29) is 12.1 Å². The molecule has 1 aliphatic heterocycles. The van der Waals surface area contributed by atoms with E-state index in [4.69, 9.17) is 5.11 Å². The molecular formula is C14H18F2N2O2. The summed E-state index contributed by atoms with van der Waals surface area (Å²) in [5.74, 6) is -1.92. The van der Waals surface area contributed by atoms with Crippen molar-refractivity contribution in [3.8, 4) is 0 Å². The first-order chi connectivity index (χ1) is 9.49. The van der Waals surface area contributed by atoms with E-state index in [0.29, 0.717) is 26.2 Å². The highest BCUT2D eigenvalue weighted by molar-refractivity contribution is 5.72. The first kappa shape index (κ1) is 14.9. The average molecular weight is 284 g/mol. The quantitative estimate of drug-likeness (QED) is 0.911. The summed E-state index contributed by atoms with van der Waals surface area (Å²) in [5.41, 5.74) is 0.0761. The maximum atomic E-state index is 13.6. The molecule has 6 heteroatoms. The summed E-state index contributed by atoms with van der Waals surface area (Å²) in [6.07, 6.45) is 0. The van der Waals surface area contributed by atoms with Crippen molar-refractivity contribution in [2.75, 3.05) is 26.2 Å². The number of nitrogens with zero attached hydrogens (tertiary/aromatic N) is 2. The lowest BCUT2D eigenvalue weighted by molar-refractivity contribution is -0.143. The minimum absolute atomic E-state index is 0.0761. The van der Waals surface area contributed by atoms with Gasteiger partial charge in [-0.2, -0.15) is 0 Å². The van der Waals surface area contributed by atoms with Gasteiger partial charge in [-0.25, -0.2) is 8.78 Å². The number of carboxylic acid groups (broad SMARTS) is 1. The van der Waals surface area contributed by atoms with Crippen LogP contribution in [0.25, 0.3) is 0 Å². The van der Waals surface area contributed by atoms with E-state index in [1.54, 1.807) is 6.92 Å². The Labute approximate surface area is 116 Å². The Kier molecular flexibility index (Phi) is 4.67. The maximum Gasteiger partial charge on any atom is 0.320 e. The van der Waals surface area contributed by atoms with Gasteiger partial charge in [0.1, 0.15) is 17.7 Å². The zero-order chi connectivity index (χ0) is 14.7. The molecule has 4 nitrogen and oxygen atoms in total. The standard InChI is InChI=1S/C14H18F2N2O2/c1-10(14(19)20)18-7-5-17(6-8-18)9-11-12(15)3-2-4-13(11)16/h2-4,10H,5-9H2,1H3,(H,19,20). The summed E-state index contributed by atoms with van der Waals surface area (Å²) < 4.78 is 27.1. The summed E-state index contributed by atoms with van der Waals surface area (Å²) in [4.78, 5) is 14.7. The first-order valence-electron chi connectivity index (χ1n) is 6.61. The van der Waals surface area contributed by atoms with Gasteiger partial charge in [-0.05, 0) is 19.1 Å². The fourth-order valence-electron chi connectivity index (χ4n) is 2.37. The van der Waals surface area contributed by atoms with Gasteiger partial charge in [0, 0.05) is 38.3 Å². The molecule has 1 heterocycles. The number of benzene rings is 1. The molecule has 0 spiro atoms. The predicted molar refractivity (Wildman–Crippen MR) is 70.3 cm³/mol. The number of aliphatic carboxylic acids is 1. The van der Waals surface area contributed by atoms with E-state index in [1.165, 1.54) is 18.2 Å². The molecule has 1 unspecified atom stereocenters. The van der Waals surface area contributed by atoms with E-state index in [2.05, 4.69) is 0 Å². The van der Waals surface area contributed by atoms with Gasteiger partial charge in [-0.3, -0.25) is 14.6 Å². The molecule has 0 bridgehead atoms. The number of halogens is 2. The van der Waals surface area contributed by atoms with E-state index in [9.17, 15) is 13.6 Å². The zero-order valence-electron chi connectivity index (χ0n) is 11.4. The van der Waals surface area contributed by atoms with Crippen LogP contribution in [0, 0.1) is 11.6 Å². The van der Waals surface area contributed by atoms with Gasteiger partial charge in [-0.1, -0.05) is 6.07 Å². The maximum absolute atomic E-state index is 13.6. The Balaban J connectivity index is 1.93. The summed E-state index contributed by atoms with van der Waals surface area (Å²) in [6.45, 7) is 4.24. The highest BCUT2D eigenvalue weighted by Gasteiger charge is 2.25. The fourth-order valence-corrected chi connectivity index (χ4v) is 2.37. The topological polar surface area (TPSA) is 43.8 Å². The van der Waals surface area contributed by atoms with Crippen molar-refractivity contribution in [2.45, 2.75) is 19.5 Å².